The van der Waals surface area contributed by atoms with Crippen LogP contribution in [0.5, 0.6) is 0 Å². The van der Waals surface area contributed by atoms with E-state index in [0.717, 1.165) is 38.5 Å². The highest BCUT2D eigenvalue weighted by molar-refractivity contribution is 6.05. The van der Waals surface area contributed by atoms with Gasteiger partial charge in [-0.2, -0.15) is 0 Å². The average molecular weight is 536 g/mol. The molecule has 0 radical (unpaired) electrons. The van der Waals surface area contributed by atoms with Crippen LogP contribution in [0.15, 0.2) is 30.3 Å². The maximum Gasteiger partial charge on any atom is 0.252 e. The number of amides is 3. The van der Waals surface area contributed by atoms with Gasteiger partial charge in [0.2, 0.25) is 0 Å². The minimum Gasteiger partial charge on any atom is -0.352 e. The van der Waals surface area contributed by atoms with E-state index in [-0.39, 0.29) is 40.8 Å². The summed E-state index contributed by atoms with van der Waals surface area (Å²) >= 11 is 0. The molecular weight excluding hydrogens is 493 g/mol. The van der Waals surface area contributed by atoms with E-state index in [2.05, 4.69) is 16.0 Å². The van der Waals surface area contributed by atoms with Crippen LogP contribution in [0.25, 0.3) is 11.1 Å². The Morgan fingerprint density at radius 3 is 2.23 bits per heavy atom. The highest BCUT2D eigenvalue weighted by atomic mass is 19.1. The number of carbonyl (C=O) groups excluding carboxylic acids is 3. The van der Waals surface area contributed by atoms with Gasteiger partial charge in [-0.15, -0.1) is 0 Å². The van der Waals surface area contributed by atoms with E-state index >= 15 is 4.39 Å². The zero-order valence-electron chi connectivity index (χ0n) is 23.9. The fourth-order valence-corrected chi connectivity index (χ4v) is 5.18. The van der Waals surface area contributed by atoms with Crippen molar-refractivity contribution < 1.29 is 18.8 Å². The smallest absolute Gasteiger partial charge is 0.252 e. The minimum absolute atomic E-state index is 0.0301. The normalized spacial score (nSPS) is 16.9. The van der Waals surface area contributed by atoms with E-state index in [0.29, 0.717) is 40.3 Å². The van der Waals surface area contributed by atoms with E-state index in [9.17, 15) is 14.4 Å². The fourth-order valence-electron chi connectivity index (χ4n) is 5.18. The SMILES string of the molecule is Cc1c(F)cc(C(=O)NC2CC2)cc1-c1ccc(C(=O)NCC(C)(C)C)cc1C(=O)N[C@@H](C)C1CCCCC1. The van der Waals surface area contributed by atoms with Crippen molar-refractivity contribution in [2.24, 2.45) is 11.3 Å². The molecular formula is C32H42FN3O3. The predicted octanol–water partition coefficient (Wildman–Crippen LogP) is 6.17. The quantitative estimate of drug-likeness (QED) is 0.378. The highest BCUT2D eigenvalue weighted by Gasteiger charge is 2.27. The maximum absolute atomic E-state index is 15.1. The molecule has 1 atom stereocenters. The van der Waals surface area contributed by atoms with E-state index in [1.807, 2.05) is 27.7 Å². The van der Waals surface area contributed by atoms with Crippen molar-refractivity contribution in [1.29, 1.82) is 0 Å². The van der Waals surface area contributed by atoms with Crippen LogP contribution in [0.2, 0.25) is 0 Å². The second-order valence-electron chi connectivity index (χ2n) is 12.5. The summed E-state index contributed by atoms with van der Waals surface area (Å²) in [4.78, 5) is 39.5. The van der Waals surface area contributed by atoms with Crippen molar-refractivity contribution in [3.8, 4) is 11.1 Å². The van der Waals surface area contributed by atoms with Crippen LogP contribution in [0.1, 0.15) is 109 Å². The van der Waals surface area contributed by atoms with E-state index in [1.165, 1.54) is 12.5 Å². The lowest BCUT2D eigenvalue weighted by molar-refractivity contribution is 0.0918. The first kappa shape index (κ1) is 28.8. The first-order chi connectivity index (χ1) is 18.4. The van der Waals surface area contributed by atoms with Crippen LogP contribution in [0.4, 0.5) is 4.39 Å². The molecule has 3 N–H and O–H groups in total. The molecule has 2 aliphatic carbocycles. The zero-order chi connectivity index (χ0) is 28.3. The van der Waals surface area contributed by atoms with Crippen LogP contribution >= 0.6 is 0 Å². The van der Waals surface area contributed by atoms with Gasteiger partial charge in [0.15, 0.2) is 0 Å². The number of nitrogens with one attached hydrogen (secondary N) is 3. The Balaban J connectivity index is 1.71. The first-order valence-electron chi connectivity index (χ1n) is 14.3. The molecule has 0 aliphatic heterocycles. The Kier molecular flexibility index (Phi) is 8.77. The summed E-state index contributed by atoms with van der Waals surface area (Å²) in [5.74, 6) is -1.01. The molecule has 210 valence electrons. The van der Waals surface area contributed by atoms with Crippen molar-refractivity contribution in [3.63, 3.8) is 0 Å². The molecule has 0 spiro atoms. The molecule has 4 rings (SSSR count). The molecule has 39 heavy (non-hydrogen) atoms. The molecule has 7 heteroatoms. The van der Waals surface area contributed by atoms with E-state index in [4.69, 9.17) is 0 Å². The van der Waals surface area contributed by atoms with Crippen LogP contribution in [0, 0.1) is 24.1 Å². The number of carbonyl (C=O) groups is 3. The lowest BCUT2D eigenvalue weighted by Crippen LogP contribution is -2.39. The monoisotopic (exact) mass is 535 g/mol. The minimum atomic E-state index is -0.512. The van der Waals surface area contributed by atoms with Crippen LogP contribution in [-0.4, -0.2) is 36.3 Å². The first-order valence-corrected chi connectivity index (χ1v) is 14.3. The van der Waals surface area contributed by atoms with Gasteiger partial charge in [0, 0.05) is 35.3 Å². The Bertz CT molecular complexity index is 1240. The molecule has 0 saturated heterocycles. The number of hydrogen-bond donors (Lipinski definition) is 3. The van der Waals surface area contributed by atoms with Gasteiger partial charge >= 0.3 is 0 Å². The predicted molar refractivity (Wildman–Crippen MR) is 152 cm³/mol. The van der Waals surface area contributed by atoms with Crippen LogP contribution in [-0.2, 0) is 0 Å². The number of benzene rings is 2. The number of halogens is 1. The van der Waals surface area contributed by atoms with Gasteiger partial charge < -0.3 is 16.0 Å². The number of rotatable bonds is 8. The second kappa shape index (κ2) is 11.9. The summed E-state index contributed by atoms with van der Waals surface area (Å²) in [7, 11) is 0. The average Bonchev–Trinajstić information content (AvgIpc) is 3.72. The summed E-state index contributed by atoms with van der Waals surface area (Å²) < 4.78 is 15.1. The molecule has 2 aromatic carbocycles. The molecule has 0 aromatic heterocycles. The molecule has 2 fully saturated rings. The lowest BCUT2D eigenvalue weighted by Gasteiger charge is -2.28. The summed E-state index contributed by atoms with van der Waals surface area (Å²) in [6, 6.07) is 7.93. The standard InChI is InChI=1S/C32H42FN3O3/c1-19-26(16-23(17-28(19)33)30(38)36-24-12-13-24)25-14-11-22(29(37)34-18-32(3,4)5)15-27(25)31(39)35-20(2)21-9-7-6-8-10-21/h11,14-17,20-21,24H,6-10,12-13,18H2,1-5H3,(H,34,37)(H,35,39)(H,36,38)/t20-/m0/s1. The fraction of sp³-hybridized carbons (Fsp3) is 0.531. The van der Waals surface area contributed by atoms with Gasteiger partial charge in [0.05, 0.1) is 0 Å². The molecule has 2 aromatic rings. The molecule has 0 bridgehead atoms. The van der Waals surface area contributed by atoms with Crippen molar-refractivity contribution in [2.45, 2.75) is 91.6 Å². The summed E-state index contributed by atoms with van der Waals surface area (Å²) in [6.07, 6.45) is 7.55. The van der Waals surface area contributed by atoms with Gasteiger partial charge in [-0.05, 0) is 91.8 Å². The van der Waals surface area contributed by atoms with E-state index < -0.39 is 5.82 Å². The van der Waals surface area contributed by atoms with Crippen LogP contribution in [0.3, 0.4) is 0 Å². The summed E-state index contributed by atoms with van der Waals surface area (Å²) in [5.41, 5.74) is 2.08. The van der Waals surface area contributed by atoms with Gasteiger partial charge in [-0.3, -0.25) is 14.4 Å². The third-order valence-corrected chi connectivity index (χ3v) is 7.83. The van der Waals surface area contributed by atoms with Gasteiger partial charge in [0.1, 0.15) is 5.82 Å². The third kappa shape index (κ3) is 7.46. The lowest BCUT2D eigenvalue weighted by atomic mass is 9.84. The Labute approximate surface area is 231 Å². The molecule has 0 heterocycles. The van der Waals surface area contributed by atoms with Crippen molar-refractivity contribution in [1.82, 2.24) is 16.0 Å². The molecule has 2 saturated carbocycles. The highest BCUT2D eigenvalue weighted by Crippen LogP contribution is 2.32. The van der Waals surface area contributed by atoms with Crippen LogP contribution < -0.4 is 16.0 Å². The van der Waals surface area contributed by atoms with Crippen molar-refractivity contribution in [2.75, 3.05) is 6.54 Å². The van der Waals surface area contributed by atoms with Gasteiger partial charge in [0.25, 0.3) is 17.7 Å². The topological polar surface area (TPSA) is 87.3 Å². The molecule has 0 unspecified atom stereocenters. The Morgan fingerprint density at radius 2 is 1.59 bits per heavy atom. The van der Waals surface area contributed by atoms with E-state index in [1.54, 1.807) is 31.2 Å². The van der Waals surface area contributed by atoms with Crippen molar-refractivity contribution >= 4 is 17.7 Å². The van der Waals surface area contributed by atoms with Crippen molar-refractivity contribution in [3.05, 3.63) is 58.4 Å². The Morgan fingerprint density at radius 1 is 0.897 bits per heavy atom. The third-order valence-electron chi connectivity index (χ3n) is 7.83. The maximum atomic E-state index is 15.1. The summed E-state index contributed by atoms with van der Waals surface area (Å²) in [5, 5.41) is 9.01. The van der Waals surface area contributed by atoms with Gasteiger partial charge in [-0.25, -0.2) is 4.39 Å². The largest absolute Gasteiger partial charge is 0.352 e. The molecule has 3 amide bonds. The zero-order valence-corrected chi connectivity index (χ0v) is 23.9. The number of hydrogen-bond acceptors (Lipinski definition) is 3. The Hall–Kier alpha value is -3.22. The molecule has 6 nitrogen and oxygen atoms in total. The molecule has 2 aliphatic rings. The second-order valence-corrected chi connectivity index (χ2v) is 12.5. The van der Waals surface area contributed by atoms with Gasteiger partial charge in [-0.1, -0.05) is 46.1 Å². The summed E-state index contributed by atoms with van der Waals surface area (Å²) in [6.45, 7) is 10.3.